The Morgan fingerprint density at radius 3 is 0.803 bits per heavy atom. The molecular weight excluding hydrogens is 937 g/mol. The summed E-state index contributed by atoms with van der Waals surface area (Å²) in [6.07, 6.45) is 86.1. The summed E-state index contributed by atoms with van der Waals surface area (Å²) in [5.74, 6) is -0.889. The van der Waals surface area contributed by atoms with Crippen LogP contribution in [0.4, 0.5) is 0 Å². The Morgan fingerprint density at radius 2 is 0.513 bits per heavy atom. The first kappa shape index (κ1) is 72.3. The molecule has 0 N–H and O–H groups in total. The van der Waals surface area contributed by atoms with Crippen LogP contribution in [0.1, 0.15) is 310 Å². The number of ether oxygens (including phenoxy) is 3. The zero-order chi connectivity index (χ0) is 55.0. The lowest BCUT2D eigenvalue weighted by molar-refractivity contribution is -0.167. The minimum atomic E-state index is -0.775. The second-order valence-electron chi connectivity index (χ2n) is 21.3. The molecule has 6 heteroatoms. The van der Waals surface area contributed by atoms with Crippen molar-refractivity contribution in [3.05, 3.63) is 97.2 Å². The number of esters is 3. The minimum absolute atomic E-state index is 0.0774. The Morgan fingerprint density at radius 1 is 0.276 bits per heavy atom. The fourth-order valence-electron chi connectivity index (χ4n) is 9.05. The van der Waals surface area contributed by atoms with Crippen molar-refractivity contribution in [3.8, 4) is 0 Å². The van der Waals surface area contributed by atoms with Crippen LogP contribution in [0.25, 0.3) is 0 Å². The minimum Gasteiger partial charge on any atom is -0.462 e. The molecule has 0 heterocycles. The van der Waals surface area contributed by atoms with Crippen molar-refractivity contribution in [2.45, 2.75) is 316 Å². The lowest BCUT2D eigenvalue weighted by atomic mass is 10.0. The lowest BCUT2D eigenvalue weighted by Gasteiger charge is -2.18. The van der Waals surface area contributed by atoms with E-state index in [0.717, 1.165) is 122 Å². The van der Waals surface area contributed by atoms with Crippen molar-refractivity contribution in [1.29, 1.82) is 0 Å². The largest absolute Gasteiger partial charge is 0.462 e. The Hall–Kier alpha value is -3.67. The first-order valence-electron chi connectivity index (χ1n) is 32.2. The third-order valence-electron chi connectivity index (χ3n) is 13.9. The molecule has 0 bridgehead atoms. The standard InChI is InChI=1S/C70H120O6/c1-4-7-10-13-15-17-19-21-23-25-27-29-30-31-32-33-34-35-36-37-38-39-40-41-43-44-46-48-50-52-54-57-60-63-69(72)75-66-67(65-74-68(71)62-59-56-12-9-6-3)76-70(73)64-61-58-55-53-51-49-47-45-42-28-26-24-22-20-18-16-14-11-8-5-2/h7,10,15,17,21,23,27,29,31-32,34-35,37-38,40-41,67H,4-6,8-9,11-14,16,18-20,22,24-26,28,30,33,36,39,42-66H2,1-3H3/b10-7-,17-15-,23-21-,29-27-,32-31-,35-34-,38-37-,41-40-. The average Bonchev–Trinajstić information content (AvgIpc) is 3.42. The van der Waals surface area contributed by atoms with Gasteiger partial charge in [0, 0.05) is 19.3 Å². The van der Waals surface area contributed by atoms with Gasteiger partial charge in [-0.1, -0.05) is 304 Å². The van der Waals surface area contributed by atoms with Gasteiger partial charge in [0.1, 0.15) is 13.2 Å². The molecule has 0 aliphatic carbocycles. The molecule has 0 fully saturated rings. The van der Waals surface area contributed by atoms with E-state index in [4.69, 9.17) is 14.2 Å². The summed E-state index contributed by atoms with van der Waals surface area (Å²) in [7, 11) is 0. The van der Waals surface area contributed by atoms with Gasteiger partial charge in [0.25, 0.3) is 0 Å². The molecule has 0 saturated heterocycles. The zero-order valence-corrected chi connectivity index (χ0v) is 50.0. The van der Waals surface area contributed by atoms with Gasteiger partial charge in [-0.25, -0.2) is 0 Å². The van der Waals surface area contributed by atoms with E-state index in [1.54, 1.807) is 0 Å². The van der Waals surface area contributed by atoms with Crippen LogP contribution in [-0.4, -0.2) is 37.2 Å². The first-order valence-corrected chi connectivity index (χ1v) is 32.2. The number of carbonyl (C=O) groups excluding carboxylic acids is 3. The van der Waals surface area contributed by atoms with Gasteiger partial charge in [0.2, 0.25) is 0 Å². The quantitative estimate of drug-likeness (QED) is 0.0261. The maximum Gasteiger partial charge on any atom is 0.306 e. The van der Waals surface area contributed by atoms with E-state index in [1.165, 1.54) is 148 Å². The molecule has 0 aromatic carbocycles. The number of carbonyl (C=O) groups is 3. The van der Waals surface area contributed by atoms with Crippen LogP contribution in [0.3, 0.4) is 0 Å². The number of rotatable bonds is 58. The number of hydrogen-bond donors (Lipinski definition) is 0. The van der Waals surface area contributed by atoms with E-state index < -0.39 is 6.10 Å². The van der Waals surface area contributed by atoms with Crippen LogP contribution in [0.15, 0.2) is 97.2 Å². The molecule has 0 radical (unpaired) electrons. The van der Waals surface area contributed by atoms with Gasteiger partial charge in [0.05, 0.1) is 0 Å². The highest BCUT2D eigenvalue weighted by Crippen LogP contribution is 2.17. The second kappa shape index (κ2) is 63.9. The highest BCUT2D eigenvalue weighted by Gasteiger charge is 2.19. The fourth-order valence-corrected chi connectivity index (χ4v) is 9.05. The molecule has 1 atom stereocenters. The van der Waals surface area contributed by atoms with Gasteiger partial charge < -0.3 is 14.2 Å². The van der Waals surface area contributed by atoms with Gasteiger partial charge >= 0.3 is 17.9 Å². The maximum absolute atomic E-state index is 12.8. The number of hydrogen-bond acceptors (Lipinski definition) is 6. The zero-order valence-electron chi connectivity index (χ0n) is 50.0. The Balaban J connectivity index is 4.05. The van der Waals surface area contributed by atoms with E-state index in [9.17, 15) is 14.4 Å². The monoisotopic (exact) mass is 1060 g/mol. The summed E-state index contributed by atoms with van der Waals surface area (Å²) in [6.45, 7) is 6.47. The maximum atomic E-state index is 12.8. The predicted octanol–water partition coefficient (Wildman–Crippen LogP) is 22.0. The highest BCUT2D eigenvalue weighted by atomic mass is 16.6. The molecule has 1 unspecified atom stereocenters. The summed E-state index contributed by atoms with van der Waals surface area (Å²) in [5, 5.41) is 0. The van der Waals surface area contributed by atoms with Crippen LogP contribution in [0.5, 0.6) is 0 Å². The van der Waals surface area contributed by atoms with Crippen molar-refractivity contribution < 1.29 is 28.6 Å². The predicted molar refractivity (Wildman–Crippen MR) is 330 cm³/mol. The van der Waals surface area contributed by atoms with Crippen molar-refractivity contribution in [2.24, 2.45) is 0 Å². The summed E-state index contributed by atoms with van der Waals surface area (Å²) >= 11 is 0. The van der Waals surface area contributed by atoms with Gasteiger partial charge in [-0.05, 0) is 83.5 Å². The molecule has 0 rings (SSSR count). The molecule has 0 saturated carbocycles. The van der Waals surface area contributed by atoms with Crippen molar-refractivity contribution in [1.82, 2.24) is 0 Å². The summed E-state index contributed by atoms with van der Waals surface area (Å²) in [6, 6.07) is 0. The molecule has 0 aliphatic rings. The molecule has 6 nitrogen and oxygen atoms in total. The van der Waals surface area contributed by atoms with Gasteiger partial charge in [0.15, 0.2) is 6.10 Å². The smallest absolute Gasteiger partial charge is 0.306 e. The fraction of sp³-hybridized carbons (Fsp3) is 0.729. The van der Waals surface area contributed by atoms with Crippen LogP contribution in [0, 0.1) is 0 Å². The van der Waals surface area contributed by atoms with Gasteiger partial charge in [-0.2, -0.15) is 0 Å². The summed E-state index contributed by atoms with van der Waals surface area (Å²) < 4.78 is 16.8. The molecule has 0 amide bonds. The molecule has 76 heavy (non-hydrogen) atoms. The van der Waals surface area contributed by atoms with E-state index in [1.807, 2.05) is 0 Å². The molecule has 0 aromatic heterocycles. The Bertz CT molecular complexity index is 1490. The third kappa shape index (κ3) is 61.2. The molecule has 0 spiro atoms. The molecule has 436 valence electrons. The number of unbranched alkanes of at least 4 members (excludes halogenated alkanes) is 31. The summed E-state index contributed by atoms with van der Waals surface area (Å²) in [4.78, 5) is 37.9. The third-order valence-corrected chi connectivity index (χ3v) is 13.9. The molecule has 0 aliphatic heterocycles. The van der Waals surface area contributed by atoms with Crippen molar-refractivity contribution >= 4 is 17.9 Å². The number of allylic oxidation sites excluding steroid dienone is 16. The van der Waals surface area contributed by atoms with Crippen molar-refractivity contribution in [2.75, 3.05) is 13.2 Å². The topological polar surface area (TPSA) is 78.9 Å². The first-order chi connectivity index (χ1) is 37.5. The Labute approximate surface area is 470 Å². The normalized spacial score (nSPS) is 12.7. The van der Waals surface area contributed by atoms with E-state index in [-0.39, 0.29) is 31.1 Å². The second-order valence-corrected chi connectivity index (χ2v) is 21.3. The van der Waals surface area contributed by atoms with Crippen LogP contribution in [-0.2, 0) is 28.6 Å². The van der Waals surface area contributed by atoms with E-state index in [0.29, 0.717) is 19.3 Å². The van der Waals surface area contributed by atoms with Crippen LogP contribution >= 0.6 is 0 Å². The molecule has 0 aromatic rings. The summed E-state index contributed by atoms with van der Waals surface area (Å²) in [5.41, 5.74) is 0. The molecular formula is C70H120O6. The van der Waals surface area contributed by atoms with E-state index >= 15 is 0 Å². The Kier molecular flexibility index (Phi) is 60.8. The SMILES string of the molecule is CC/C=C\C/C=C\C/C=C\C/C=C\C/C=C\C/C=C\C/C=C\C/C=C\CCCCCCCCCCC(=O)OCC(COC(=O)CCCCCCC)OC(=O)CCCCCCCCCCCCCCCCCCCCCC. The van der Waals surface area contributed by atoms with Crippen LogP contribution < -0.4 is 0 Å². The van der Waals surface area contributed by atoms with Gasteiger partial charge in [-0.15, -0.1) is 0 Å². The van der Waals surface area contributed by atoms with E-state index in [2.05, 4.69) is 118 Å². The average molecular weight is 1060 g/mol. The van der Waals surface area contributed by atoms with Crippen molar-refractivity contribution in [3.63, 3.8) is 0 Å². The van der Waals surface area contributed by atoms with Gasteiger partial charge in [-0.3, -0.25) is 14.4 Å². The van der Waals surface area contributed by atoms with Crippen LogP contribution in [0.2, 0.25) is 0 Å². The highest BCUT2D eigenvalue weighted by molar-refractivity contribution is 5.71. The lowest BCUT2D eigenvalue weighted by Crippen LogP contribution is -2.30.